The third-order valence-corrected chi connectivity index (χ3v) is 3.77. The second kappa shape index (κ2) is 10.5. The van der Waals surface area contributed by atoms with E-state index < -0.39 is 17.7 Å². The van der Waals surface area contributed by atoms with Crippen LogP contribution in [0.2, 0.25) is 0 Å². The second-order valence-corrected chi connectivity index (χ2v) is 5.72. The van der Waals surface area contributed by atoms with E-state index in [2.05, 4.69) is 16.2 Å². The maximum Gasteiger partial charge on any atom is 0.269 e. The van der Waals surface area contributed by atoms with Gasteiger partial charge in [-0.2, -0.15) is 0 Å². The average Bonchev–Trinajstić information content (AvgIpc) is 2.75. The first-order valence-electron chi connectivity index (χ1n) is 8.80. The number of carbonyl (C=O) groups is 3. The van der Waals surface area contributed by atoms with E-state index in [9.17, 15) is 14.4 Å². The summed E-state index contributed by atoms with van der Waals surface area (Å²) in [6.45, 7) is 1.88. The minimum Gasteiger partial charge on any atom is -0.497 e. The molecule has 0 saturated carbocycles. The second-order valence-electron chi connectivity index (χ2n) is 5.72. The Balaban J connectivity index is 1.89. The van der Waals surface area contributed by atoms with Gasteiger partial charge in [-0.15, -0.1) is 0 Å². The Bertz CT molecular complexity index is 862. The van der Waals surface area contributed by atoms with E-state index in [-0.39, 0.29) is 12.1 Å². The van der Waals surface area contributed by atoms with Crippen molar-refractivity contribution in [2.45, 2.75) is 6.92 Å². The number of hydrazine groups is 1. The highest BCUT2D eigenvalue weighted by atomic mass is 16.5. The number of carbonyl (C=O) groups excluding carboxylic acids is 3. The van der Waals surface area contributed by atoms with Gasteiger partial charge in [0.15, 0.2) is 0 Å². The summed E-state index contributed by atoms with van der Waals surface area (Å²) in [4.78, 5) is 36.4. The van der Waals surface area contributed by atoms with E-state index in [0.717, 1.165) is 0 Å². The number of amides is 3. The van der Waals surface area contributed by atoms with Gasteiger partial charge in [0.2, 0.25) is 0 Å². The topological polar surface area (TPSA) is 115 Å². The Morgan fingerprint density at radius 1 is 0.897 bits per heavy atom. The Morgan fingerprint density at radius 3 is 2.17 bits per heavy atom. The van der Waals surface area contributed by atoms with Crippen molar-refractivity contribution in [2.24, 2.45) is 0 Å². The van der Waals surface area contributed by atoms with Crippen LogP contribution in [0.25, 0.3) is 0 Å². The standard InChI is InChI=1S/C20H23N3O6/c1-4-29-17-8-6-5-7-16(17)20(26)21-12-18(24)22-23-19(25)13-9-14(27-2)11-15(10-13)28-3/h5-11H,4,12H2,1-3H3,(H,21,26)(H,22,24)(H,23,25). The number of hydrogen-bond donors (Lipinski definition) is 3. The summed E-state index contributed by atoms with van der Waals surface area (Å²) in [7, 11) is 2.93. The quantitative estimate of drug-likeness (QED) is 0.575. The first-order chi connectivity index (χ1) is 14.0. The fraction of sp³-hybridized carbons (Fsp3) is 0.250. The van der Waals surface area contributed by atoms with Crippen LogP contribution in [0, 0.1) is 0 Å². The normalized spacial score (nSPS) is 9.90. The summed E-state index contributed by atoms with van der Waals surface area (Å²) >= 11 is 0. The van der Waals surface area contributed by atoms with Crippen LogP contribution in [-0.4, -0.2) is 45.1 Å². The number of methoxy groups -OCH3 is 2. The largest absolute Gasteiger partial charge is 0.497 e. The van der Waals surface area contributed by atoms with Crippen molar-refractivity contribution in [1.82, 2.24) is 16.2 Å². The molecule has 3 amide bonds. The zero-order valence-corrected chi connectivity index (χ0v) is 16.4. The Morgan fingerprint density at radius 2 is 1.55 bits per heavy atom. The number of benzene rings is 2. The lowest BCUT2D eigenvalue weighted by Crippen LogP contribution is -2.46. The number of hydrogen-bond acceptors (Lipinski definition) is 6. The van der Waals surface area contributed by atoms with Crippen LogP contribution >= 0.6 is 0 Å². The molecule has 2 aromatic rings. The summed E-state index contributed by atoms with van der Waals surface area (Å²) in [6, 6.07) is 11.3. The fourth-order valence-corrected chi connectivity index (χ4v) is 2.37. The molecule has 0 unspecified atom stereocenters. The van der Waals surface area contributed by atoms with E-state index in [1.807, 2.05) is 6.92 Å². The number of ether oxygens (including phenoxy) is 3. The van der Waals surface area contributed by atoms with Crippen LogP contribution in [0.1, 0.15) is 27.6 Å². The van der Waals surface area contributed by atoms with Crippen molar-refractivity contribution < 1.29 is 28.6 Å². The Hall–Kier alpha value is -3.75. The highest BCUT2D eigenvalue weighted by Gasteiger charge is 2.14. The predicted molar refractivity (Wildman–Crippen MR) is 105 cm³/mol. The third-order valence-electron chi connectivity index (χ3n) is 3.77. The molecule has 0 aliphatic carbocycles. The molecular weight excluding hydrogens is 378 g/mol. The predicted octanol–water partition coefficient (Wildman–Crippen LogP) is 1.29. The van der Waals surface area contributed by atoms with Crippen LogP contribution in [0.4, 0.5) is 0 Å². The number of para-hydroxylation sites is 1. The molecule has 9 nitrogen and oxygen atoms in total. The summed E-state index contributed by atoms with van der Waals surface area (Å²) in [5, 5.41) is 2.48. The lowest BCUT2D eigenvalue weighted by atomic mass is 10.2. The number of rotatable bonds is 8. The highest BCUT2D eigenvalue weighted by Crippen LogP contribution is 2.22. The van der Waals surface area contributed by atoms with Crippen LogP contribution in [0.5, 0.6) is 17.2 Å². The maximum absolute atomic E-state index is 12.3. The van der Waals surface area contributed by atoms with Gasteiger partial charge in [-0.05, 0) is 31.2 Å². The molecule has 0 saturated heterocycles. The van der Waals surface area contributed by atoms with Crippen molar-refractivity contribution in [2.75, 3.05) is 27.4 Å². The van der Waals surface area contributed by atoms with Gasteiger partial charge in [-0.25, -0.2) is 0 Å². The minimum absolute atomic E-state index is 0.233. The van der Waals surface area contributed by atoms with E-state index >= 15 is 0 Å². The van der Waals surface area contributed by atoms with Gasteiger partial charge in [-0.3, -0.25) is 25.2 Å². The molecule has 0 aliphatic heterocycles. The zero-order chi connectivity index (χ0) is 21.2. The molecule has 0 aromatic heterocycles. The lowest BCUT2D eigenvalue weighted by molar-refractivity contribution is -0.120. The SMILES string of the molecule is CCOc1ccccc1C(=O)NCC(=O)NNC(=O)c1cc(OC)cc(OC)c1. The van der Waals surface area contributed by atoms with E-state index in [1.165, 1.54) is 26.4 Å². The highest BCUT2D eigenvalue weighted by molar-refractivity contribution is 5.99. The van der Waals surface area contributed by atoms with Gasteiger partial charge >= 0.3 is 0 Å². The Kier molecular flexibility index (Phi) is 7.84. The third kappa shape index (κ3) is 6.13. The molecule has 0 radical (unpaired) electrons. The molecule has 0 aliphatic rings. The fourth-order valence-electron chi connectivity index (χ4n) is 2.37. The summed E-state index contributed by atoms with van der Waals surface area (Å²) < 4.78 is 15.6. The molecule has 3 N–H and O–H groups in total. The van der Waals surface area contributed by atoms with E-state index in [1.54, 1.807) is 30.3 Å². The van der Waals surface area contributed by atoms with Crippen molar-refractivity contribution in [3.8, 4) is 17.2 Å². The van der Waals surface area contributed by atoms with Gasteiger partial charge in [0.25, 0.3) is 17.7 Å². The lowest BCUT2D eigenvalue weighted by Gasteiger charge is -2.12. The molecule has 0 heterocycles. The van der Waals surface area contributed by atoms with Gasteiger partial charge in [0, 0.05) is 11.6 Å². The molecule has 0 atom stereocenters. The number of nitrogens with one attached hydrogen (secondary N) is 3. The van der Waals surface area contributed by atoms with Gasteiger partial charge in [0.1, 0.15) is 17.2 Å². The van der Waals surface area contributed by atoms with Crippen LogP contribution in [-0.2, 0) is 4.79 Å². The first kappa shape index (κ1) is 21.5. The Labute approximate surface area is 168 Å². The van der Waals surface area contributed by atoms with Crippen LogP contribution < -0.4 is 30.4 Å². The van der Waals surface area contributed by atoms with Crippen LogP contribution in [0.3, 0.4) is 0 Å². The van der Waals surface area contributed by atoms with Crippen molar-refractivity contribution in [3.63, 3.8) is 0 Å². The average molecular weight is 401 g/mol. The molecule has 2 rings (SSSR count). The molecule has 0 bridgehead atoms. The van der Waals surface area contributed by atoms with E-state index in [4.69, 9.17) is 14.2 Å². The summed E-state index contributed by atoms with van der Waals surface area (Å²) in [5.41, 5.74) is 5.05. The summed E-state index contributed by atoms with van der Waals surface area (Å²) in [5.74, 6) is -0.345. The minimum atomic E-state index is -0.601. The maximum atomic E-state index is 12.3. The van der Waals surface area contributed by atoms with Crippen molar-refractivity contribution >= 4 is 17.7 Å². The van der Waals surface area contributed by atoms with E-state index in [0.29, 0.717) is 29.4 Å². The van der Waals surface area contributed by atoms with Gasteiger partial charge in [-0.1, -0.05) is 12.1 Å². The summed E-state index contributed by atoms with van der Waals surface area (Å²) in [6.07, 6.45) is 0. The van der Waals surface area contributed by atoms with Gasteiger partial charge < -0.3 is 19.5 Å². The van der Waals surface area contributed by atoms with Gasteiger partial charge in [0.05, 0.1) is 32.9 Å². The molecule has 0 fully saturated rings. The molecule has 154 valence electrons. The molecule has 0 spiro atoms. The smallest absolute Gasteiger partial charge is 0.269 e. The van der Waals surface area contributed by atoms with Crippen molar-refractivity contribution in [1.29, 1.82) is 0 Å². The van der Waals surface area contributed by atoms with Crippen molar-refractivity contribution in [3.05, 3.63) is 53.6 Å². The molecule has 9 heteroatoms. The van der Waals surface area contributed by atoms with Crippen LogP contribution in [0.15, 0.2) is 42.5 Å². The molecule has 29 heavy (non-hydrogen) atoms. The zero-order valence-electron chi connectivity index (χ0n) is 16.4. The first-order valence-corrected chi connectivity index (χ1v) is 8.80. The molecular formula is C20H23N3O6. The monoisotopic (exact) mass is 401 g/mol. The molecule has 2 aromatic carbocycles.